The van der Waals surface area contributed by atoms with Crippen molar-refractivity contribution >= 4 is 29.0 Å². The molecule has 0 atom stereocenters. The van der Waals surface area contributed by atoms with E-state index in [0.717, 1.165) is 24.7 Å². The van der Waals surface area contributed by atoms with Crippen molar-refractivity contribution in [3.63, 3.8) is 0 Å². The van der Waals surface area contributed by atoms with Crippen molar-refractivity contribution in [2.45, 2.75) is 24.8 Å². The van der Waals surface area contributed by atoms with E-state index in [1.165, 1.54) is 30.3 Å². The standard InChI is InChI=1S/C20H22N4OS/c1-15-8-11-24(12-9-15)18-6-4-17(5-7-18)23-19(25)14-26-20-16(13-21)3-2-10-22-20/h2-7,10,15H,8-9,11-12,14H2,1H3,(H,23,25). The maximum atomic E-state index is 12.2. The van der Waals surface area contributed by atoms with Gasteiger partial charge < -0.3 is 10.2 Å². The van der Waals surface area contributed by atoms with Crippen LogP contribution in [-0.4, -0.2) is 29.7 Å². The van der Waals surface area contributed by atoms with Crippen LogP contribution in [-0.2, 0) is 4.79 Å². The van der Waals surface area contributed by atoms with Gasteiger partial charge in [0.2, 0.25) is 5.91 Å². The third-order valence-electron chi connectivity index (χ3n) is 4.53. The number of nitrogens with one attached hydrogen (secondary N) is 1. The second-order valence-corrected chi connectivity index (χ2v) is 7.49. The molecule has 0 bridgehead atoms. The number of nitrogens with zero attached hydrogens (tertiary/aromatic N) is 3. The van der Waals surface area contributed by atoms with Gasteiger partial charge in [-0.1, -0.05) is 18.7 Å². The van der Waals surface area contributed by atoms with Crippen LogP contribution in [0.15, 0.2) is 47.6 Å². The molecule has 1 fully saturated rings. The molecular weight excluding hydrogens is 344 g/mol. The van der Waals surface area contributed by atoms with E-state index in [-0.39, 0.29) is 11.7 Å². The van der Waals surface area contributed by atoms with Crippen molar-refractivity contribution in [1.29, 1.82) is 5.26 Å². The van der Waals surface area contributed by atoms with Crippen molar-refractivity contribution in [1.82, 2.24) is 4.98 Å². The number of piperidine rings is 1. The number of pyridine rings is 1. The summed E-state index contributed by atoms with van der Waals surface area (Å²) in [5.74, 6) is 0.921. The van der Waals surface area contributed by atoms with Crippen molar-refractivity contribution in [2.75, 3.05) is 29.1 Å². The summed E-state index contributed by atoms with van der Waals surface area (Å²) < 4.78 is 0. The lowest BCUT2D eigenvalue weighted by Crippen LogP contribution is -2.32. The molecule has 3 rings (SSSR count). The lowest BCUT2D eigenvalue weighted by Gasteiger charge is -2.32. The fourth-order valence-corrected chi connectivity index (χ4v) is 3.69. The predicted molar refractivity (Wildman–Crippen MR) is 105 cm³/mol. The van der Waals surface area contributed by atoms with Crippen LogP contribution in [0.5, 0.6) is 0 Å². The Morgan fingerprint density at radius 2 is 2.04 bits per heavy atom. The number of rotatable bonds is 5. The molecule has 5 nitrogen and oxygen atoms in total. The number of hydrogen-bond donors (Lipinski definition) is 1. The Kier molecular flexibility index (Phi) is 6.13. The minimum absolute atomic E-state index is 0.107. The van der Waals surface area contributed by atoms with Gasteiger partial charge in [0.1, 0.15) is 11.1 Å². The number of anilines is 2. The van der Waals surface area contributed by atoms with Crippen LogP contribution in [0, 0.1) is 17.2 Å². The van der Waals surface area contributed by atoms with Crippen LogP contribution in [0.3, 0.4) is 0 Å². The number of carbonyl (C=O) groups is 1. The highest BCUT2D eigenvalue weighted by Crippen LogP contribution is 2.24. The normalized spacial score (nSPS) is 14.7. The van der Waals surface area contributed by atoms with Crippen LogP contribution in [0.1, 0.15) is 25.3 Å². The largest absolute Gasteiger partial charge is 0.372 e. The summed E-state index contributed by atoms with van der Waals surface area (Å²) in [7, 11) is 0. The molecule has 0 aliphatic carbocycles. The Morgan fingerprint density at radius 1 is 1.31 bits per heavy atom. The molecule has 6 heteroatoms. The Labute approximate surface area is 158 Å². The number of carbonyl (C=O) groups excluding carboxylic acids is 1. The summed E-state index contributed by atoms with van der Waals surface area (Å²) >= 11 is 1.27. The van der Waals surface area contributed by atoms with Crippen molar-refractivity contribution in [2.24, 2.45) is 5.92 Å². The summed E-state index contributed by atoms with van der Waals surface area (Å²) in [6.07, 6.45) is 4.09. The quantitative estimate of drug-likeness (QED) is 0.812. The van der Waals surface area contributed by atoms with E-state index < -0.39 is 0 Å². The Bertz CT molecular complexity index is 792. The van der Waals surface area contributed by atoms with Gasteiger partial charge >= 0.3 is 0 Å². The molecule has 0 saturated carbocycles. The molecule has 1 N–H and O–H groups in total. The second-order valence-electron chi connectivity index (χ2n) is 6.52. The van der Waals surface area contributed by atoms with Crippen molar-refractivity contribution < 1.29 is 4.79 Å². The highest BCUT2D eigenvalue weighted by Gasteiger charge is 2.16. The van der Waals surface area contributed by atoms with Gasteiger partial charge in [-0.15, -0.1) is 0 Å². The first-order valence-corrected chi connectivity index (χ1v) is 9.77. The van der Waals surface area contributed by atoms with Crippen molar-refractivity contribution in [3.05, 3.63) is 48.2 Å². The van der Waals surface area contributed by atoms with E-state index in [4.69, 9.17) is 5.26 Å². The first-order chi connectivity index (χ1) is 12.7. The number of aromatic nitrogens is 1. The summed E-state index contributed by atoms with van der Waals surface area (Å²) in [5, 5.41) is 12.5. The molecule has 1 aromatic heterocycles. The van der Waals surface area contributed by atoms with E-state index >= 15 is 0 Å². The van der Waals surface area contributed by atoms with Crippen molar-refractivity contribution in [3.8, 4) is 6.07 Å². The average Bonchev–Trinajstić information content (AvgIpc) is 2.68. The zero-order valence-electron chi connectivity index (χ0n) is 14.8. The molecule has 26 heavy (non-hydrogen) atoms. The average molecular weight is 366 g/mol. The van der Waals surface area contributed by atoms with Crippen LogP contribution in [0.4, 0.5) is 11.4 Å². The molecule has 0 radical (unpaired) electrons. The van der Waals surface area contributed by atoms with E-state index in [1.54, 1.807) is 18.3 Å². The third kappa shape index (κ3) is 4.77. The minimum atomic E-state index is -0.107. The number of nitriles is 1. The summed E-state index contributed by atoms with van der Waals surface area (Å²) in [5.41, 5.74) is 2.48. The second kappa shape index (κ2) is 8.72. The Hall–Kier alpha value is -2.52. The molecule has 0 spiro atoms. The molecule has 1 saturated heterocycles. The number of benzene rings is 1. The maximum absolute atomic E-state index is 12.2. The van der Waals surface area contributed by atoms with Gasteiger partial charge in [0.15, 0.2) is 0 Å². The van der Waals surface area contributed by atoms with E-state index in [1.807, 2.05) is 12.1 Å². The smallest absolute Gasteiger partial charge is 0.234 e. The molecule has 1 amide bonds. The van der Waals surface area contributed by atoms with Gasteiger partial charge in [-0.3, -0.25) is 4.79 Å². The van der Waals surface area contributed by atoms with E-state index in [2.05, 4.69) is 40.3 Å². The van der Waals surface area contributed by atoms with Gasteiger partial charge in [-0.05, 0) is 55.2 Å². The monoisotopic (exact) mass is 366 g/mol. The lowest BCUT2D eigenvalue weighted by molar-refractivity contribution is -0.113. The summed E-state index contributed by atoms with van der Waals surface area (Å²) in [4.78, 5) is 18.7. The molecule has 2 heterocycles. The first-order valence-electron chi connectivity index (χ1n) is 8.78. The van der Waals surface area contributed by atoms with Crippen LogP contribution in [0.25, 0.3) is 0 Å². The molecular formula is C20H22N4OS. The number of thioether (sulfide) groups is 1. The lowest BCUT2D eigenvalue weighted by atomic mass is 9.99. The zero-order valence-corrected chi connectivity index (χ0v) is 15.6. The zero-order chi connectivity index (χ0) is 18.4. The Morgan fingerprint density at radius 3 is 2.73 bits per heavy atom. The summed E-state index contributed by atoms with van der Waals surface area (Å²) in [6, 6.07) is 13.5. The minimum Gasteiger partial charge on any atom is -0.372 e. The summed E-state index contributed by atoms with van der Waals surface area (Å²) in [6.45, 7) is 4.49. The molecule has 1 aliphatic rings. The molecule has 2 aromatic rings. The topological polar surface area (TPSA) is 69.0 Å². The van der Waals surface area contributed by atoms with Gasteiger partial charge in [-0.25, -0.2) is 4.98 Å². The highest BCUT2D eigenvalue weighted by atomic mass is 32.2. The predicted octanol–water partition coefficient (Wildman–Crippen LogP) is 3.92. The fourth-order valence-electron chi connectivity index (χ4n) is 2.94. The van der Waals surface area contributed by atoms with Gasteiger partial charge in [0.05, 0.1) is 11.3 Å². The Balaban J connectivity index is 1.52. The fraction of sp³-hybridized carbons (Fsp3) is 0.350. The van der Waals surface area contributed by atoms with E-state index in [9.17, 15) is 4.79 Å². The van der Waals surface area contributed by atoms with Crippen LogP contribution in [0.2, 0.25) is 0 Å². The molecule has 1 aromatic carbocycles. The molecule has 134 valence electrons. The van der Waals surface area contributed by atoms with Gasteiger partial charge in [0.25, 0.3) is 0 Å². The first kappa shape index (κ1) is 18.3. The van der Waals surface area contributed by atoms with Gasteiger partial charge in [0, 0.05) is 30.7 Å². The van der Waals surface area contributed by atoms with E-state index in [0.29, 0.717) is 10.6 Å². The number of hydrogen-bond acceptors (Lipinski definition) is 5. The maximum Gasteiger partial charge on any atom is 0.234 e. The molecule has 1 aliphatic heterocycles. The SMILES string of the molecule is CC1CCN(c2ccc(NC(=O)CSc3ncccc3C#N)cc2)CC1. The highest BCUT2D eigenvalue weighted by molar-refractivity contribution is 8.00. The van der Waals surface area contributed by atoms with Gasteiger partial charge in [-0.2, -0.15) is 5.26 Å². The van der Waals surface area contributed by atoms with Crippen LogP contribution >= 0.6 is 11.8 Å². The van der Waals surface area contributed by atoms with Crippen LogP contribution < -0.4 is 10.2 Å². The number of amides is 1. The third-order valence-corrected chi connectivity index (χ3v) is 5.54. The molecule has 0 unspecified atom stereocenters.